The van der Waals surface area contributed by atoms with E-state index in [2.05, 4.69) is 43.0 Å². The van der Waals surface area contributed by atoms with Gasteiger partial charge in [-0.05, 0) is 24.5 Å². The highest BCUT2D eigenvalue weighted by atomic mass is 35.5. The Morgan fingerprint density at radius 1 is 1.18 bits per heavy atom. The second-order valence-corrected chi connectivity index (χ2v) is 5.91. The lowest BCUT2D eigenvalue weighted by Gasteiger charge is -2.27. The van der Waals surface area contributed by atoms with E-state index in [1.165, 1.54) is 5.69 Å². The molecule has 1 aliphatic heterocycles. The largest absolute Gasteiger partial charge is 0.370 e. The summed E-state index contributed by atoms with van der Waals surface area (Å²) in [7, 11) is 0. The Hall–Kier alpha value is -1.26. The summed E-state index contributed by atoms with van der Waals surface area (Å²) in [4.78, 5) is 16.8. The molecular formula is C17H28ClN3O. The van der Waals surface area contributed by atoms with Crippen LogP contribution in [0.1, 0.15) is 26.7 Å². The van der Waals surface area contributed by atoms with Crippen molar-refractivity contribution in [2.75, 3.05) is 31.1 Å². The number of carbonyl (C=O) groups excluding carboxylic acids is 1. The molecule has 0 bridgehead atoms. The Morgan fingerprint density at radius 3 is 2.50 bits per heavy atom. The molecule has 2 atom stereocenters. The Labute approximate surface area is 140 Å². The molecule has 1 saturated heterocycles. The van der Waals surface area contributed by atoms with Crippen LogP contribution in [-0.4, -0.2) is 43.0 Å². The normalized spacial score (nSPS) is 18.1. The molecule has 1 fully saturated rings. The van der Waals surface area contributed by atoms with E-state index in [4.69, 9.17) is 5.73 Å². The van der Waals surface area contributed by atoms with Crippen molar-refractivity contribution in [3.05, 3.63) is 30.3 Å². The van der Waals surface area contributed by atoms with Crippen LogP contribution in [0, 0.1) is 5.92 Å². The molecule has 1 aromatic rings. The number of nitrogens with zero attached hydrogens (tertiary/aromatic N) is 2. The van der Waals surface area contributed by atoms with Crippen LogP contribution in [0.25, 0.3) is 0 Å². The number of anilines is 1. The lowest BCUT2D eigenvalue weighted by atomic mass is 9.99. The molecule has 0 spiro atoms. The fourth-order valence-corrected chi connectivity index (χ4v) is 2.74. The van der Waals surface area contributed by atoms with E-state index in [0.717, 1.165) is 39.0 Å². The zero-order valence-corrected chi connectivity index (χ0v) is 14.4. The molecule has 1 aliphatic rings. The minimum atomic E-state index is -0.363. The van der Waals surface area contributed by atoms with Gasteiger partial charge in [0.2, 0.25) is 5.91 Å². The summed E-state index contributed by atoms with van der Waals surface area (Å²) in [5, 5.41) is 0. The van der Waals surface area contributed by atoms with Crippen molar-refractivity contribution in [3.63, 3.8) is 0 Å². The van der Waals surface area contributed by atoms with Crippen molar-refractivity contribution in [3.8, 4) is 0 Å². The molecule has 0 saturated carbocycles. The van der Waals surface area contributed by atoms with Gasteiger partial charge in [0, 0.05) is 31.9 Å². The van der Waals surface area contributed by atoms with Crippen LogP contribution in [0.5, 0.6) is 0 Å². The first-order valence-corrected chi connectivity index (χ1v) is 7.97. The summed E-state index contributed by atoms with van der Waals surface area (Å²) in [5.74, 6) is 0.352. The van der Waals surface area contributed by atoms with Crippen molar-refractivity contribution in [2.24, 2.45) is 11.7 Å². The monoisotopic (exact) mass is 325 g/mol. The topological polar surface area (TPSA) is 49.6 Å². The van der Waals surface area contributed by atoms with Crippen molar-refractivity contribution in [1.82, 2.24) is 4.90 Å². The van der Waals surface area contributed by atoms with Crippen LogP contribution < -0.4 is 10.6 Å². The van der Waals surface area contributed by atoms with Gasteiger partial charge in [0.05, 0.1) is 6.04 Å². The summed E-state index contributed by atoms with van der Waals surface area (Å²) >= 11 is 0. The Bertz CT molecular complexity index is 454. The molecule has 0 aromatic heterocycles. The molecule has 0 aliphatic carbocycles. The Morgan fingerprint density at radius 2 is 1.86 bits per heavy atom. The maximum Gasteiger partial charge on any atom is 0.239 e. The third-order valence-electron chi connectivity index (χ3n) is 4.47. The van der Waals surface area contributed by atoms with E-state index in [9.17, 15) is 4.79 Å². The van der Waals surface area contributed by atoms with E-state index in [0.29, 0.717) is 0 Å². The van der Waals surface area contributed by atoms with Crippen LogP contribution in [0.4, 0.5) is 5.69 Å². The number of para-hydroxylation sites is 1. The molecule has 2 rings (SSSR count). The van der Waals surface area contributed by atoms with Gasteiger partial charge < -0.3 is 15.5 Å². The van der Waals surface area contributed by atoms with Crippen molar-refractivity contribution < 1.29 is 4.79 Å². The number of amides is 1. The van der Waals surface area contributed by atoms with E-state index in [-0.39, 0.29) is 30.3 Å². The van der Waals surface area contributed by atoms with Gasteiger partial charge >= 0.3 is 0 Å². The number of benzene rings is 1. The fourth-order valence-electron chi connectivity index (χ4n) is 2.74. The predicted octanol–water partition coefficient (Wildman–Crippen LogP) is 2.52. The zero-order valence-electron chi connectivity index (χ0n) is 13.6. The quantitative estimate of drug-likeness (QED) is 0.925. The van der Waals surface area contributed by atoms with Gasteiger partial charge in [-0.15, -0.1) is 12.4 Å². The average molecular weight is 326 g/mol. The van der Waals surface area contributed by atoms with E-state index in [1.807, 2.05) is 11.0 Å². The molecule has 2 N–H and O–H groups in total. The third kappa shape index (κ3) is 4.62. The SMILES string of the molecule is CCC(C)C(N)C(=O)N1CCCN(c2ccccc2)CC1.Cl. The van der Waals surface area contributed by atoms with Gasteiger partial charge in [0.15, 0.2) is 0 Å². The van der Waals surface area contributed by atoms with Crippen molar-refractivity contribution in [1.29, 1.82) is 0 Å². The van der Waals surface area contributed by atoms with Crippen LogP contribution in [0.3, 0.4) is 0 Å². The van der Waals surface area contributed by atoms with Crippen LogP contribution in [-0.2, 0) is 4.79 Å². The molecule has 4 nitrogen and oxygen atoms in total. The molecule has 1 amide bonds. The van der Waals surface area contributed by atoms with E-state index >= 15 is 0 Å². The van der Waals surface area contributed by atoms with Gasteiger partial charge in [-0.3, -0.25) is 4.79 Å². The number of hydrogen-bond acceptors (Lipinski definition) is 3. The van der Waals surface area contributed by atoms with Gasteiger partial charge in [-0.25, -0.2) is 0 Å². The van der Waals surface area contributed by atoms with E-state index in [1.54, 1.807) is 0 Å². The highest BCUT2D eigenvalue weighted by Gasteiger charge is 2.26. The van der Waals surface area contributed by atoms with Gasteiger partial charge in [-0.2, -0.15) is 0 Å². The maximum atomic E-state index is 12.5. The molecule has 124 valence electrons. The summed E-state index contributed by atoms with van der Waals surface area (Å²) in [6, 6.07) is 10.0. The second-order valence-electron chi connectivity index (χ2n) is 5.91. The first kappa shape index (κ1) is 18.8. The smallest absolute Gasteiger partial charge is 0.239 e. The average Bonchev–Trinajstić information content (AvgIpc) is 2.79. The Balaban J connectivity index is 0.00000242. The van der Waals surface area contributed by atoms with Gasteiger partial charge in [-0.1, -0.05) is 38.5 Å². The molecule has 2 unspecified atom stereocenters. The summed E-state index contributed by atoms with van der Waals surface area (Å²) in [6.45, 7) is 7.58. The standard InChI is InChI=1S/C17H27N3O.ClH/c1-3-14(2)16(18)17(21)20-11-7-10-19(12-13-20)15-8-5-4-6-9-15;/h4-6,8-9,14,16H,3,7,10-13,18H2,1-2H3;1H. The van der Waals surface area contributed by atoms with Gasteiger partial charge in [0.25, 0.3) is 0 Å². The summed E-state index contributed by atoms with van der Waals surface area (Å²) < 4.78 is 0. The van der Waals surface area contributed by atoms with Crippen LogP contribution in [0.2, 0.25) is 0 Å². The minimum absolute atomic E-state index is 0. The summed E-state index contributed by atoms with van der Waals surface area (Å²) in [6.07, 6.45) is 1.94. The minimum Gasteiger partial charge on any atom is -0.370 e. The molecular weight excluding hydrogens is 298 g/mol. The van der Waals surface area contributed by atoms with E-state index < -0.39 is 0 Å². The highest BCUT2D eigenvalue weighted by Crippen LogP contribution is 2.17. The molecule has 1 aromatic carbocycles. The Kier molecular flexibility index (Phi) is 7.69. The van der Waals surface area contributed by atoms with Gasteiger partial charge in [0.1, 0.15) is 0 Å². The number of halogens is 1. The zero-order chi connectivity index (χ0) is 15.2. The lowest BCUT2D eigenvalue weighted by molar-refractivity contribution is -0.133. The predicted molar refractivity (Wildman–Crippen MR) is 94.5 cm³/mol. The first-order chi connectivity index (χ1) is 10.1. The van der Waals surface area contributed by atoms with Crippen molar-refractivity contribution >= 4 is 24.0 Å². The lowest BCUT2D eigenvalue weighted by Crippen LogP contribution is -2.48. The number of nitrogens with two attached hydrogens (primary N) is 1. The number of carbonyl (C=O) groups is 1. The number of hydrogen-bond donors (Lipinski definition) is 1. The van der Waals surface area contributed by atoms with Crippen LogP contribution >= 0.6 is 12.4 Å². The maximum absolute atomic E-state index is 12.5. The molecule has 5 heteroatoms. The third-order valence-corrected chi connectivity index (χ3v) is 4.47. The van der Waals surface area contributed by atoms with Crippen molar-refractivity contribution in [2.45, 2.75) is 32.7 Å². The fraction of sp³-hybridized carbons (Fsp3) is 0.588. The summed E-state index contributed by atoms with van der Waals surface area (Å²) in [5.41, 5.74) is 7.33. The van der Waals surface area contributed by atoms with Crippen LogP contribution in [0.15, 0.2) is 30.3 Å². The number of rotatable bonds is 4. The highest BCUT2D eigenvalue weighted by molar-refractivity contribution is 5.85. The molecule has 0 radical (unpaired) electrons. The molecule has 22 heavy (non-hydrogen) atoms. The molecule has 1 heterocycles. The second kappa shape index (κ2) is 9.01. The first-order valence-electron chi connectivity index (χ1n) is 7.97.